The van der Waals surface area contributed by atoms with E-state index in [1.165, 1.54) is 30.4 Å². The largest absolute Gasteiger partial charge is 0.317 e. The van der Waals surface area contributed by atoms with E-state index in [0.29, 0.717) is 6.04 Å². The number of rotatable bonds is 5. The minimum atomic E-state index is -0.317. The molecule has 1 nitrogen and oxygen atoms in total. The third kappa shape index (κ3) is 4.37. The van der Waals surface area contributed by atoms with Gasteiger partial charge in [-0.15, -0.1) is 0 Å². The van der Waals surface area contributed by atoms with Crippen LogP contribution >= 0.6 is 23.4 Å². The Hall–Kier alpha value is -0.250. The Morgan fingerprint density at radius 2 is 2.16 bits per heavy atom. The first kappa shape index (κ1) is 15.1. The summed E-state index contributed by atoms with van der Waals surface area (Å²) < 4.78 is 13.4. The third-order valence-electron chi connectivity index (χ3n) is 3.86. The summed E-state index contributed by atoms with van der Waals surface area (Å²) >= 11 is 8.08. The summed E-state index contributed by atoms with van der Waals surface area (Å²) in [6.07, 6.45) is 4.57. The fraction of sp³-hybridized carbons (Fsp3) is 0.600. The van der Waals surface area contributed by atoms with Crippen molar-refractivity contribution >= 4 is 23.4 Å². The lowest BCUT2D eigenvalue weighted by atomic mass is 9.91. The van der Waals surface area contributed by atoms with Crippen molar-refractivity contribution in [2.45, 2.75) is 31.7 Å². The second kappa shape index (κ2) is 7.51. The Morgan fingerprint density at radius 3 is 2.84 bits per heavy atom. The molecule has 19 heavy (non-hydrogen) atoms. The lowest BCUT2D eigenvalue weighted by Crippen LogP contribution is -2.31. The van der Waals surface area contributed by atoms with Gasteiger partial charge in [0, 0.05) is 6.04 Å². The van der Waals surface area contributed by atoms with Crippen LogP contribution < -0.4 is 5.32 Å². The predicted molar refractivity (Wildman–Crippen MR) is 82.6 cm³/mol. The molecule has 1 aliphatic heterocycles. The number of thioether (sulfide) groups is 1. The van der Waals surface area contributed by atoms with Crippen LogP contribution in [0.3, 0.4) is 0 Å². The average molecular weight is 302 g/mol. The fourth-order valence-electron chi connectivity index (χ4n) is 2.66. The molecule has 1 aromatic rings. The highest BCUT2D eigenvalue weighted by atomic mass is 35.5. The quantitative estimate of drug-likeness (QED) is 0.877. The molecular formula is C15H21ClFNS. The number of benzene rings is 1. The zero-order valence-corrected chi connectivity index (χ0v) is 12.9. The molecule has 0 saturated carbocycles. The molecule has 1 N–H and O–H groups in total. The molecule has 4 heteroatoms. The van der Waals surface area contributed by atoms with Crippen molar-refractivity contribution in [1.82, 2.24) is 5.32 Å². The molecule has 1 unspecified atom stereocenters. The van der Waals surface area contributed by atoms with Crippen molar-refractivity contribution < 1.29 is 4.39 Å². The van der Waals surface area contributed by atoms with E-state index in [1.807, 2.05) is 13.1 Å². The molecule has 0 aromatic heterocycles. The van der Waals surface area contributed by atoms with E-state index in [2.05, 4.69) is 17.1 Å². The minimum Gasteiger partial charge on any atom is -0.317 e. The maximum Gasteiger partial charge on any atom is 0.142 e. The van der Waals surface area contributed by atoms with Gasteiger partial charge in [-0.05, 0) is 61.8 Å². The predicted octanol–water partition coefficient (Wildman–Crippen LogP) is 4.14. The smallest absolute Gasteiger partial charge is 0.142 e. The van der Waals surface area contributed by atoms with Crippen LogP contribution in [0, 0.1) is 11.7 Å². The van der Waals surface area contributed by atoms with Gasteiger partial charge in [0.15, 0.2) is 0 Å². The van der Waals surface area contributed by atoms with Gasteiger partial charge in [-0.1, -0.05) is 23.7 Å². The van der Waals surface area contributed by atoms with Crippen molar-refractivity contribution in [2.75, 3.05) is 18.6 Å². The van der Waals surface area contributed by atoms with Gasteiger partial charge in [-0.25, -0.2) is 4.39 Å². The van der Waals surface area contributed by atoms with Crippen LogP contribution in [0.25, 0.3) is 0 Å². The third-order valence-corrected chi connectivity index (χ3v) is 5.34. The van der Waals surface area contributed by atoms with Crippen molar-refractivity contribution in [3.63, 3.8) is 0 Å². The summed E-state index contributed by atoms with van der Waals surface area (Å²) in [5, 5.41) is 3.64. The molecule has 0 radical (unpaired) electrons. The maximum absolute atomic E-state index is 13.4. The minimum absolute atomic E-state index is 0.280. The zero-order valence-electron chi connectivity index (χ0n) is 11.3. The summed E-state index contributed by atoms with van der Waals surface area (Å²) in [6.45, 7) is 0. The molecule has 1 fully saturated rings. The monoisotopic (exact) mass is 301 g/mol. The SMILES string of the molecule is CNC(Cc1cccc(F)c1Cl)CC1CCSCC1. The molecule has 0 aliphatic carbocycles. The number of hydrogen-bond donors (Lipinski definition) is 1. The van der Waals surface area contributed by atoms with Crippen LogP contribution in [0.2, 0.25) is 5.02 Å². The zero-order chi connectivity index (χ0) is 13.7. The van der Waals surface area contributed by atoms with Crippen molar-refractivity contribution in [3.8, 4) is 0 Å². The Balaban J connectivity index is 1.96. The Kier molecular flexibility index (Phi) is 5.99. The summed E-state index contributed by atoms with van der Waals surface area (Å²) in [4.78, 5) is 0. The lowest BCUT2D eigenvalue weighted by molar-refractivity contribution is 0.376. The van der Waals surface area contributed by atoms with E-state index in [4.69, 9.17) is 11.6 Å². The number of nitrogens with one attached hydrogen (secondary N) is 1. The van der Waals surface area contributed by atoms with Crippen LogP contribution in [-0.4, -0.2) is 24.6 Å². The topological polar surface area (TPSA) is 12.0 Å². The fourth-order valence-corrected chi connectivity index (χ4v) is 4.07. The van der Waals surface area contributed by atoms with Gasteiger partial charge in [0.05, 0.1) is 5.02 Å². The summed E-state index contributed by atoms with van der Waals surface area (Å²) in [5.41, 5.74) is 0.909. The summed E-state index contributed by atoms with van der Waals surface area (Å²) in [7, 11) is 1.98. The second-order valence-electron chi connectivity index (χ2n) is 5.19. The highest BCUT2D eigenvalue weighted by Gasteiger charge is 2.19. The Bertz CT molecular complexity index is 407. The first-order valence-electron chi connectivity index (χ1n) is 6.88. The van der Waals surface area contributed by atoms with Gasteiger partial charge in [0.25, 0.3) is 0 Å². The molecule has 0 bridgehead atoms. The summed E-state index contributed by atoms with van der Waals surface area (Å²) in [5.74, 6) is 3.04. The Labute approximate surface area is 124 Å². The molecule has 2 rings (SSSR count). The first-order chi connectivity index (χ1) is 9.20. The molecule has 1 atom stereocenters. The van der Waals surface area contributed by atoms with Crippen LogP contribution in [-0.2, 0) is 6.42 Å². The van der Waals surface area contributed by atoms with Crippen molar-refractivity contribution in [2.24, 2.45) is 5.92 Å². The van der Waals surface area contributed by atoms with Gasteiger partial charge in [0.1, 0.15) is 5.82 Å². The second-order valence-corrected chi connectivity index (χ2v) is 6.80. The average Bonchev–Trinajstić information content (AvgIpc) is 2.44. The van der Waals surface area contributed by atoms with E-state index >= 15 is 0 Å². The van der Waals surface area contributed by atoms with Crippen LogP contribution in [0.15, 0.2) is 18.2 Å². The van der Waals surface area contributed by atoms with Gasteiger partial charge in [-0.2, -0.15) is 11.8 Å². The highest BCUT2D eigenvalue weighted by Crippen LogP contribution is 2.28. The maximum atomic E-state index is 13.4. The standard InChI is InChI=1S/C15H21ClFNS/c1-18-13(9-11-5-7-19-8-6-11)10-12-3-2-4-14(17)15(12)16/h2-4,11,13,18H,5-10H2,1H3. The highest BCUT2D eigenvalue weighted by molar-refractivity contribution is 7.99. The number of hydrogen-bond acceptors (Lipinski definition) is 2. The number of likely N-dealkylation sites (N-methyl/N-ethyl adjacent to an activating group) is 1. The van der Waals surface area contributed by atoms with E-state index in [1.54, 1.807) is 6.07 Å². The van der Waals surface area contributed by atoms with Crippen LogP contribution in [0.1, 0.15) is 24.8 Å². The Morgan fingerprint density at radius 1 is 1.42 bits per heavy atom. The van der Waals surface area contributed by atoms with Crippen LogP contribution in [0.4, 0.5) is 4.39 Å². The van der Waals surface area contributed by atoms with Gasteiger partial charge in [0.2, 0.25) is 0 Å². The molecule has 0 spiro atoms. The van der Waals surface area contributed by atoms with Gasteiger partial charge < -0.3 is 5.32 Å². The van der Waals surface area contributed by atoms with Crippen molar-refractivity contribution in [1.29, 1.82) is 0 Å². The molecule has 1 aliphatic rings. The summed E-state index contributed by atoms with van der Waals surface area (Å²) in [6, 6.07) is 5.46. The van der Waals surface area contributed by atoms with E-state index < -0.39 is 0 Å². The van der Waals surface area contributed by atoms with Crippen molar-refractivity contribution in [3.05, 3.63) is 34.6 Å². The first-order valence-corrected chi connectivity index (χ1v) is 8.42. The van der Waals surface area contributed by atoms with Crippen LogP contribution in [0.5, 0.6) is 0 Å². The lowest BCUT2D eigenvalue weighted by Gasteiger charge is -2.26. The van der Waals surface area contributed by atoms with E-state index in [-0.39, 0.29) is 10.8 Å². The molecule has 1 heterocycles. The van der Waals surface area contributed by atoms with E-state index in [0.717, 1.165) is 24.3 Å². The molecule has 106 valence electrons. The normalized spacial score (nSPS) is 18.5. The molecule has 1 aromatic carbocycles. The van der Waals surface area contributed by atoms with Gasteiger partial charge >= 0.3 is 0 Å². The molecule has 0 amide bonds. The molecular weight excluding hydrogens is 281 g/mol. The van der Waals surface area contributed by atoms with Gasteiger partial charge in [-0.3, -0.25) is 0 Å². The molecule has 1 saturated heterocycles. The number of halogens is 2. The van der Waals surface area contributed by atoms with E-state index in [9.17, 15) is 4.39 Å².